The second kappa shape index (κ2) is 24.6. The van der Waals surface area contributed by atoms with Crippen LogP contribution in [-0.2, 0) is 40.3 Å². The van der Waals surface area contributed by atoms with E-state index in [-0.39, 0.29) is 32.7 Å². The highest BCUT2D eigenvalue weighted by Gasteiger charge is 2.57. The fourth-order valence-corrected chi connectivity index (χ4v) is 8.22. The molecule has 1 N–H and O–H groups in total. The molecule has 0 amide bonds. The minimum atomic E-state index is -5.70. The van der Waals surface area contributed by atoms with Crippen LogP contribution in [0.25, 0.3) is 0 Å². The number of benzene rings is 3. The molecule has 0 saturated heterocycles. The van der Waals surface area contributed by atoms with Crippen molar-refractivity contribution in [2.24, 2.45) is 5.92 Å². The van der Waals surface area contributed by atoms with Crippen LogP contribution in [0.1, 0.15) is 50.3 Å². The number of aromatic amines is 1. The molecule has 4 rings (SSSR count). The number of nitrogens with one attached hydrogen (secondary N) is 1. The number of halogens is 6. The van der Waals surface area contributed by atoms with Gasteiger partial charge in [-0.15, -0.1) is 0 Å². The van der Waals surface area contributed by atoms with E-state index in [1.165, 1.54) is 34.4 Å². The lowest BCUT2D eigenvalue weighted by Crippen LogP contribution is -2.48. The molecule has 1 aromatic heterocycles. The van der Waals surface area contributed by atoms with Gasteiger partial charge in [-0.25, -0.2) is 9.46 Å². The van der Waals surface area contributed by atoms with Gasteiger partial charge in [-0.2, -0.15) is 31.6 Å². The normalized spacial score (nSPS) is 14.3. The van der Waals surface area contributed by atoms with E-state index in [0.717, 1.165) is 10.6 Å². The van der Waals surface area contributed by atoms with Crippen molar-refractivity contribution in [2.75, 3.05) is 47.8 Å². The van der Waals surface area contributed by atoms with Gasteiger partial charge in [-0.3, -0.25) is 14.3 Å². The van der Waals surface area contributed by atoms with Crippen LogP contribution in [0.15, 0.2) is 101 Å². The molecule has 0 spiro atoms. The number of ether oxygens (including phenoxy) is 6. The molecule has 1 heterocycles. The van der Waals surface area contributed by atoms with Crippen LogP contribution in [0.2, 0.25) is 0 Å². The summed E-state index contributed by atoms with van der Waals surface area (Å²) in [6, 6.07) is 25.1. The molecule has 3 unspecified atom stereocenters. The van der Waals surface area contributed by atoms with Crippen LogP contribution in [0.3, 0.4) is 0 Å². The summed E-state index contributed by atoms with van der Waals surface area (Å²) in [6.45, 7) is 1.93. The fraction of sp³-hybridized carbons (Fsp3) is 0.477. The number of nitrogens with zero attached hydrogens (tertiary/aromatic N) is 3. The Balaban J connectivity index is 1.76. The van der Waals surface area contributed by atoms with Gasteiger partial charge in [-0.05, 0) is 68.1 Å². The molecular weight excluding hydrogens is 889 g/mol. The van der Waals surface area contributed by atoms with Gasteiger partial charge < -0.3 is 37.5 Å². The third-order valence-corrected chi connectivity index (χ3v) is 12.0. The summed E-state index contributed by atoms with van der Waals surface area (Å²) < 4.78 is 132. The zero-order valence-electron chi connectivity index (χ0n) is 36.6. The summed E-state index contributed by atoms with van der Waals surface area (Å²) in [5, 5.41) is 9.05. The van der Waals surface area contributed by atoms with Crippen molar-refractivity contribution in [2.45, 2.75) is 82.8 Å². The number of nitriles is 1. The third kappa shape index (κ3) is 14.6. The van der Waals surface area contributed by atoms with Crippen molar-refractivity contribution in [1.29, 1.82) is 5.26 Å². The molecular formula is C44H53F6N4O10P. The van der Waals surface area contributed by atoms with Gasteiger partial charge in [0.1, 0.15) is 23.8 Å². The maximum absolute atomic E-state index is 13.8. The Morgan fingerprint density at radius 3 is 1.82 bits per heavy atom. The van der Waals surface area contributed by atoms with Gasteiger partial charge >= 0.3 is 18.0 Å². The second-order valence-electron chi connectivity index (χ2n) is 14.7. The number of alkyl halides is 6. The fourth-order valence-electron chi connectivity index (χ4n) is 6.76. The van der Waals surface area contributed by atoms with Crippen molar-refractivity contribution in [1.82, 2.24) is 14.2 Å². The molecule has 0 bridgehead atoms. The van der Waals surface area contributed by atoms with E-state index in [1.807, 2.05) is 60.7 Å². The summed E-state index contributed by atoms with van der Waals surface area (Å²) >= 11 is 0. The standard InChI is InChI=1S/C44H53F6N4O10P/c1-30(2)54(65(59-6)64-25-10-23-51)31(3)40(61-28-38(43(45,46)47)44(48,49)50)60-26-22-37(62-29-53-24-21-39(55)52-41(53)56)27-63-42(32-11-8-7-9-12-32,33-13-17-35(57-4)18-14-33)34-15-19-36(58-5)20-16-34/h7-9,11-21,24,30-31,37-38,40H,10,22,25-29H2,1-6H3,(H,52,55,56)/t31?,37-,40?,65?/m0/s1. The number of hydrogen-bond acceptors (Lipinski definition) is 12. The highest BCUT2D eigenvalue weighted by atomic mass is 31.2. The SMILES string of the molecule is COc1ccc(C(OC[C@H](CCOC(OCC(C(F)(F)F)C(F)(F)F)C(C)N(C(C)C)P(OC)OCCC#N)OCn2ccc(=O)[nH]c2=O)(c2ccccc2)c2ccc(OC)cc2)cc1. The first-order valence-electron chi connectivity index (χ1n) is 20.3. The Morgan fingerprint density at radius 2 is 1.32 bits per heavy atom. The summed E-state index contributed by atoms with van der Waals surface area (Å²) in [6.07, 6.45) is -13.1. The van der Waals surface area contributed by atoms with Crippen molar-refractivity contribution in [3.63, 3.8) is 0 Å². The Morgan fingerprint density at radius 1 is 0.754 bits per heavy atom. The highest BCUT2D eigenvalue weighted by Crippen LogP contribution is 2.47. The molecule has 4 atom stereocenters. The third-order valence-electron chi connectivity index (χ3n) is 10.0. The lowest BCUT2D eigenvalue weighted by Gasteiger charge is -2.40. The molecule has 0 aliphatic rings. The first-order valence-corrected chi connectivity index (χ1v) is 21.4. The monoisotopic (exact) mass is 942 g/mol. The smallest absolute Gasteiger partial charge is 0.402 e. The Labute approximate surface area is 373 Å². The van der Waals surface area contributed by atoms with Gasteiger partial charge in [-0.1, -0.05) is 54.6 Å². The number of aromatic nitrogens is 2. The Kier molecular flexibility index (Phi) is 20.0. The zero-order chi connectivity index (χ0) is 47.8. The maximum Gasteiger partial charge on any atom is 0.402 e. The largest absolute Gasteiger partial charge is 0.497 e. The van der Waals surface area contributed by atoms with Crippen molar-refractivity contribution >= 4 is 8.53 Å². The molecule has 65 heavy (non-hydrogen) atoms. The van der Waals surface area contributed by atoms with Gasteiger partial charge in [0.05, 0.1) is 65.3 Å². The predicted molar refractivity (Wildman–Crippen MR) is 227 cm³/mol. The van der Waals surface area contributed by atoms with Crippen LogP contribution >= 0.6 is 8.53 Å². The first kappa shape index (κ1) is 52.8. The lowest BCUT2D eigenvalue weighted by atomic mass is 9.80. The summed E-state index contributed by atoms with van der Waals surface area (Å²) in [5.41, 5.74) is -0.778. The molecule has 21 heteroatoms. The van der Waals surface area contributed by atoms with Crippen LogP contribution in [0.5, 0.6) is 11.5 Å². The molecule has 0 saturated carbocycles. The van der Waals surface area contributed by atoms with Crippen LogP contribution < -0.4 is 20.7 Å². The Bertz CT molecular complexity index is 2130. The van der Waals surface area contributed by atoms with Gasteiger partial charge in [0.15, 0.2) is 12.2 Å². The maximum atomic E-state index is 13.8. The van der Waals surface area contributed by atoms with E-state index < -0.39 is 81.5 Å². The average molecular weight is 943 g/mol. The van der Waals surface area contributed by atoms with E-state index in [0.29, 0.717) is 28.2 Å². The van der Waals surface area contributed by atoms with Crippen LogP contribution in [-0.4, -0.2) is 98.8 Å². The molecule has 14 nitrogen and oxygen atoms in total. The molecule has 0 radical (unpaired) electrons. The number of H-pyrrole nitrogens is 1. The van der Waals surface area contributed by atoms with E-state index in [2.05, 4.69) is 4.98 Å². The van der Waals surface area contributed by atoms with Gasteiger partial charge in [0.2, 0.25) is 0 Å². The first-order chi connectivity index (χ1) is 30.9. The van der Waals surface area contributed by atoms with Crippen LogP contribution in [0.4, 0.5) is 26.3 Å². The van der Waals surface area contributed by atoms with E-state index in [1.54, 1.807) is 42.8 Å². The summed E-state index contributed by atoms with van der Waals surface area (Å²) in [5.74, 6) is -2.69. The predicted octanol–water partition coefficient (Wildman–Crippen LogP) is 8.30. The average Bonchev–Trinajstić information content (AvgIpc) is 3.27. The van der Waals surface area contributed by atoms with Crippen molar-refractivity contribution in [3.05, 3.63) is 129 Å². The number of methoxy groups -OCH3 is 2. The molecule has 356 valence electrons. The molecule has 4 aromatic rings. The van der Waals surface area contributed by atoms with Gasteiger partial charge in [0, 0.05) is 25.4 Å². The van der Waals surface area contributed by atoms with Crippen molar-refractivity contribution in [3.8, 4) is 17.6 Å². The highest BCUT2D eigenvalue weighted by molar-refractivity contribution is 7.44. The minimum Gasteiger partial charge on any atom is -0.497 e. The number of hydrogen-bond donors (Lipinski definition) is 1. The Hall–Kier alpha value is -4.84. The molecule has 3 aromatic carbocycles. The minimum absolute atomic E-state index is 0.0189. The quantitative estimate of drug-likeness (QED) is 0.0212. The summed E-state index contributed by atoms with van der Waals surface area (Å²) in [7, 11) is 2.35. The van der Waals surface area contributed by atoms with E-state index in [4.69, 9.17) is 42.7 Å². The topological polar surface area (TPSA) is 156 Å². The van der Waals surface area contributed by atoms with Crippen molar-refractivity contribution < 1.29 is 63.8 Å². The van der Waals surface area contributed by atoms with E-state index >= 15 is 0 Å². The molecule has 0 aliphatic carbocycles. The lowest BCUT2D eigenvalue weighted by molar-refractivity contribution is -0.307. The van der Waals surface area contributed by atoms with E-state index in [9.17, 15) is 35.9 Å². The molecule has 0 aliphatic heterocycles. The second-order valence-corrected chi connectivity index (χ2v) is 16.2. The summed E-state index contributed by atoms with van der Waals surface area (Å²) in [4.78, 5) is 26.7. The van der Waals surface area contributed by atoms with Gasteiger partial charge in [0.25, 0.3) is 14.1 Å². The molecule has 0 fully saturated rings. The number of rotatable bonds is 26. The zero-order valence-corrected chi connectivity index (χ0v) is 37.5. The van der Waals surface area contributed by atoms with Crippen LogP contribution in [0, 0.1) is 17.2 Å².